The van der Waals surface area contributed by atoms with E-state index in [0.29, 0.717) is 32.0 Å². The van der Waals surface area contributed by atoms with Gasteiger partial charge in [0.25, 0.3) is 0 Å². The molecule has 1 saturated carbocycles. The largest absolute Gasteiger partial charge is 0.379 e. The molecule has 25 heavy (non-hydrogen) atoms. The second-order valence-electron chi connectivity index (χ2n) is 6.88. The maximum Gasteiger partial charge on any atom is 0.225 e. The van der Waals surface area contributed by atoms with Crippen LogP contribution in [0.15, 0.2) is 0 Å². The van der Waals surface area contributed by atoms with E-state index in [2.05, 4.69) is 10.2 Å². The summed E-state index contributed by atoms with van der Waals surface area (Å²) in [6.07, 6.45) is 2.63. The first-order chi connectivity index (χ1) is 11.2. The molecule has 2 unspecified atom stereocenters. The van der Waals surface area contributed by atoms with Gasteiger partial charge >= 0.3 is 0 Å². The van der Waals surface area contributed by atoms with E-state index in [-0.39, 0.29) is 48.6 Å². The van der Waals surface area contributed by atoms with Crippen LogP contribution in [-0.4, -0.2) is 80.1 Å². The van der Waals surface area contributed by atoms with E-state index < -0.39 is 0 Å². The Morgan fingerprint density at radius 3 is 2.52 bits per heavy atom. The minimum atomic E-state index is -0.222. The number of halogens is 2. The average Bonchev–Trinajstić information content (AvgIpc) is 3.34. The van der Waals surface area contributed by atoms with Gasteiger partial charge in [-0.15, -0.1) is 24.8 Å². The quantitative estimate of drug-likeness (QED) is 0.625. The highest BCUT2D eigenvalue weighted by molar-refractivity contribution is 5.89. The molecule has 2 aliphatic heterocycles. The number of rotatable bonds is 7. The third kappa shape index (κ3) is 6.25. The summed E-state index contributed by atoms with van der Waals surface area (Å²) in [5.74, 6) is 0.405. The van der Waals surface area contributed by atoms with Gasteiger partial charge in [-0.1, -0.05) is 0 Å². The summed E-state index contributed by atoms with van der Waals surface area (Å²) in [6, 6.07) is 0.0833. The van der Waals surface area contributed by atoms with Crippen LogP contribution in [0, 0.1) is 11.8 Å². The molecule has 0 spiro atoms. The highest BCUT2D eigenvalue weighted by atomic mass is 35.5. The van der Waals surface area contributed by atoms with Crippen molar-refractivity contribution in [2.24, 2.45) is 17.6 Å². The lowest BCUT2D eigenvalue weighted by Crippen LogP contribution is -2.45. The van der Waals surface area contributed by atoms with Gasteiger partial charge in [-0.25, -0.2) is 0 Å². The number of morpholine rings is 1. The zero-order valence-corrected chi connectivity index (χ0v) is 16.2. The van der Waals surface area contributed by atoms with E-state index in [0.717, 1.165) is 45.7 Å². The molecule has 3 N–H and O–H groups in total. The molecule has 146 valence electrons. The highest BCUT2D eigenvalue weighted by Crippen LogP contribution is 2.32. The molecule has 1 aliphatic carbocycles. The Labute approximate surface area is 161 Å². The highest BCUT2D eigenvalue weighted by Gasteiger charge is 2.37. The van der Waals surface area contributed by atoms with Gasteiger partial charge in [-0.05, 0) is 18.8 Å². The van der Waals surface area contributed by atoms with E-state index in [9.17, 15) is 9.59 Å². The first-order valence-electron chi connectivity index (χ1n) is 8.75. The van der Waals surface area contributed by atoms with Crippen LogP contribution in [-0.2, 0) is 14.3 Å². The first kappa shape index (κ1) is 22.4. The summed E-state index contributed by atoms with van der Waals surface area (Å²) >= 11 is 0. The van der Waals surface area contributed by atoms with Crippen LogP contribution in [0.2, 0.25) is 0 Å². The molecule has 0 aromatic heterocycles. The molecular formula is C16H30Cl2N4O3. The standard InChI is InChI=1S/C16H28N4O3.2ClH/c17-10-14(12-1-2-12)18-16(22)13-9-15(21)20(11-13)4-3-19-5-7-23-8-6-19;;/h12-14H,1-11,17H2,(H,18,22);2*1H. The zero-order chi connectivity index (χ0) is 16.2. The minimum Gasteiger partial charge on any atom is -0.379 e. The van der Waals surface area contributed by atoms with Crippen LogP contribution in [0.3, 0.4) is 0 Å². The molecule has 2 atom stereocenters. The molecular weight excluding hydrogens is 367 g/mol. The van der Waals surface area contributed by atoms with E-state index in [1.807, 2.05) is 4.90 Å². The number of carbonyl (C=O) groups excluding carboxylic acids is 2. The molecule has 0 aromatic carbocycles. The fourth-order valence-electron chi connectivity index (χ4n) is 3.42. The monoisotopic (exact) mass is 396 g/mol. The minimum absolute atomic E-state index is 0. The van der Waals surface area contributed by atoms with Crippen LogP contribution in [0.25, 0.3) is 0 Å². The number of hydrogen-bond acceptors (Lipinski definition) is 5. The SMILES string of the molecule is Cl.Cl.NCC(NC(=O)C1CC(=O)N(CCN2CCOCC2)C1)C1CC1. The molecule has 2 amide bonds. The third-order valence-corrected chi connectivity index (χ3v) is 5.15. The van der Waals surface area contributed by atoms with Crippen molar-refractivity contribution in [1.29, 1.82) is 0 Å². The van der Waals surface area contributed by atoms with Crippen molar-refractivity contribution in [2.45, 2.75) is 25.3 Å². The van der Waals surface area contributed by atoms with E-state index >= 15 is 0 Å². The van der Waals surface area contributed by atoms with Crippen molar-refractivity contribution >= 4 is 36.6 Å². The predicted octanol–water partition coefficient (Wildman–Crippen LogP) is -0.136. The summed E-state index contributed by atoms with van der Waals surface area (Å²) in [4.78, 5) is 28.6. The second kappa shape index (κ2) is 10.5. The molecule has 0 radical (unpaired) electrons. The fraction of sp³-hybridized carbons (Fsp3) is 0.875. The Kier molecular flexibility index (Phi) is 9.45. The lowest BCUT2D eigenvalue weighted by Gasteiger charge is -2.28. The topological polar surface area (TPSA) is 87.9 Å². The predicted molar refractivity (Wildman–Crippen MR) is 100 cm³/mol. The number of ether oxygens (including phenoxy) is 1. The molecule has 3 fully saturated rings. The van der Waals surface area contributed by atoms with Crippen LogP contribution < -0.4 is 11.1 Å². The van der Waals surface area contributed by atoms with Crippen molar-refractivity contribution in [3.05, 3.63) is 0 Å². The number of likely N-dealkylation sites (tertiary alicyclic amines) is 1. The van der Waals surface area contributed by atoms with Crippen molar-refractivity contribution < 1.29 is 14.3 Å². The second-order valence-corrected chi connectivity index (χ2v) is 6.88. The van der Waals surface area contributed by atoms with Crippen LogP contribution in [0.5, 0.6) is 0 Å². The van der Waals surface area contributed by atoms with Crippen LogP contribution in [0.4, 0.5) is 0 Å². The number of carbonyl (C=O) groups is 2. The van der Waals surface area contributed by atoms with Gasteiger partial charge in [0.1, 0.15) is 0 Å². The number of nitrogens with zero attached hydrogens (tertiary/aromatic N) is 2. The van der Waals surface area contributed by atoms with Crippen molar-refractivity contribution in [3.63, 3.8) is 0 Å². The summed E-state index contributed by atoms with van der Waals surface area (Å²) in [5, 5.41) is 3.05. The molecule has 3 rings (SSSR count). The Morgan fingerprint density at radius 2 is 1.92 bits per heavy atom. The zero-order valence-electron chi connectivity index (χ0n) is 14.5. The molecule has 3 aliphatic rings. The van der Waals surface area contributed by atoms with Gasteiger partial charge in [0, 0.05) is 51.7 Å². The van der Waals surface area contributed by atoms with Gasteiger partial charge in [0.05, 0.1) is 19.1 Å². The van der Waals surface area contributed by atoms with Gasteiger partial charge in [-0.3, -0.25) is 14.5 Å². The Bertz CT molecular complexity index is 445. The average molecular weight is 397 g/mol. The van der Waals surface area contributed by atoms with Crippen LogP contribution >= 0.6 is 24.8 Å². The Balaban J connectivity index is 0.00000156. The molecule has 7 nitrogen and oxygen atoms in total. The molecule has 9 heteroatoms. The van der Waals surface area contributed by atoms with E-state index in [4.69, 9.17) is 10.5 Å². The number of nitrogens with two attached hydrogens (primary N) is 1. The van der Waals surface area contributed by atoms with Crippen molar-refractivity contribution in [2.75, 3.05) is 52.5 Å². The van der Waals surface area contributed by atoms with Crippen molar-refractivity contribution in [1.82, 2.24) is 15.1 Å². The molecule has 0 aromatic rings. The van der Waals surface area contributed by atoms with Gasteiger partial charge in [-0.2, -0.15) is 0 Å². The maximum absolute atomic E-state index is 12.4. The van der Waals surface area contributed by atoms with Crippen LogP contribution in [0.1, 0.15) is 19.3 Å². The number of nitrogens with one attached hydrogen (secondary N) is 1. The Hall–Kier alpha value is -0.600. The maximum atomic E-state index is 12.4. The number of amides is 2. The lowest BCUT2D eigenvalue weighted by molar-refractivity contribution is -0.129. The molecule has 0 bridgehead atoms. The first-order valence-corrected chi connectivity index (χ1v) is 8.75. The number of hydrogen-bond donors (Lipinski definition) is 2. The normalized spacial score (nSPS) is 25.1. The summed E-state index contributed by atoms with van der Waals surface area (Å²) in [6.45, 7) is 5.95. The smallest absolute Gasteiger partial charge is 0.225 e. The van der Waals surface area contributed by atoms with Gasteiger partial charge < -0.3 is 20.7 Å². The Morgan fingerprint density at radius 1 is 1.24 bits per heavy atom. The summed E-state index contributed by atoms with van der Waals surface area (Å²) < 4.78 is 5.33. The third-order valence-electron chi connectivity index (χ3n) is 5.15. The molecule has 2 heterocycles. The van der Waals surface area contributed by atoms with E-state index in [1.54, 1.807) is 0 Å². The van der Waals surface area contributed by atoms with E-state index in [1.165, 1.54) is 0 Å². The fourth-order valence-corrected chi connectivity index (χ4v) is 3.42. The van der Waals surface area contributed by atoms with Gasteiger partial charge in [0.15, 0.2) is 0 Å². The summed E-state index contributed by atoms with van der Waals surface area (Å²) in [7, 11) is 0. The van der Waals surface area contributed by atoms with Gasteiger partial charge in [0.2, 0.25) is 11.8 Å². The molecule has 2 saturated heterocycles. The lowest BCUT2D eigenvalue weighted by atomic mass is 10.1. The summed E-state index contributed by atoms with van der Waals surface area (Å²) in [5.41, 5.74) is 5.74. The van der Waals surface area contributed by atoms with Crippen molar-refractivity contribution in [3.8, 4) is 0 Å².